The number of hydrogen-bond donors (Lipinski definition) is 2. The van der Waals surface area contributed by atoms with Gasteiger partial charge in [-0.05, 0) is 30.3 Å². The third-order valence-electron chi connectivity index (χ3n) is 4.15. The molecule has 2 aromatic carbocycles. The minimum atomic E-state index is 0.0927. The molecule has 0 amide bonds. The van der Waals surface area contributed by atoms with Crippen molar-refractivity contribution in [3.05, 3.63) is 60.2 Å². The Labute approximate surface area is 158 Å². The second-order valence-electron chi connectivity index (χ2n) is 6.05. The van der Waals surface area contributed by atoms with Crippen LogP contribution >= 0.6 is 12.2 Å². The number of nitrogens with zero attached hydrogens (tertiary/aromatic N) is 3. The first-order chi connectivity index (χ1) is 12.7. The van der Waals surface area contributed by atoms with E-state index in [-0.39, 0.29) is 5.88 Å². The highest BCUT2D eigenvalue weighted by molar-refractivity contribution is 7.80. The molecule has 26 heavy (non-hydrogen) atoms. The van der Waals surface area contributed by atoms with Crippen LogP contribution in [-0.2, 0) is 6.54 Å². The van der Waals surface area contributed by atoms with E-state index in [1.807, 2.05) is 59.2 Å². The maximum atomic E-state index is 10.7. The molecule has 0 saturated carbocycles. The van der Waals surface area contributed by atoms with Gasteiger partial charge in [-0.3, -0.25) is 0 Å². The average molecular weight is 366 g/mol. The molecule has 3 rings (SSSR count). The second-order valence-corrected chi connectivity index (χ2v) is 6.43. The minimum Gasteiger partial charge on any atom is -0.493 e. The van der Waals surface area contributed by atoms with Crippen molar-refractivity contribution in [2.45, 2.75) is 26.3 Å². The molecule has 3 aromatic rings. The first-order valence-electron chi connectivity index (χ1n) is 8.74. The largest absolute Gasteiger partial charge is 0.493 e. The maximum Gasteiger partial charge on any atom is 0.221 e. The van der Waals surface area contributed by atoms with Gasteiger partial charge in [0.05, 0.1) is 12.1 Å². The number of fused-ring (bicyclic) bond motifs is 1. The van der Waals surface area contributed by atoms with E-state index in [0.29, 0.717) is 17.3 Å². The first-order valence-corrected chi connectivity index (χ1v) is 9.15. The molecular formula is C20H22N4OS. The lowest BCUT2D eigenvalue weighted by molar-refractivity contribution is 0.429. The number of hydrogen-bond acceptors (Lipinski definition) is 3. The normalized spacial score (nSPS) is 11.3. The highest BCUT2D eigenvalue weighted by Gasteiger charge is 2.16. The molecule has 0 aliphatic carbocycles. The molecule has 0 bridgehead atoms. The number of rotatable bonds is 6. The molecule has 0 radical (unpaired) electrons. The second kappa shape index (κ2) is 8.58. The van der Waals surface area contributed by atoms with Crippen LogP contribution in [0.1, 0.15) is 25.3 Å². The van der Waals surface area contributed by atoms with Crippen LogP contribution in [-0.4, -0.2) is 21.3 Å². The van der Waals surface area contributed by atoms with Crippen molar-refractivity contribution in [3.63, 3.8) is 0 Å². The number of azo groups is 1. The molecule has 134 valence electrons. The van der Waals surface area contributed by atoms with Gasteiger partial charge in [-0.25, -0.2) is 0 Å². The van der Waals surface area contributed by atoms with Crippen molar-refractivity contribution < 1.29 is 5.11 Å². The van der Waals surface area contributed by atoms with Crippen LogP contribution in [0.4, 0.5) is 5.69 Å². The van der Waals surface area contributed by atoms with Gasteiger partial charge in [-0.2, -0.15) is 0 Å². The van der Waals surface area contributed by atoms with Crippen LogP contribution in [0, 0.1) is 0 Å². The molecule has 6 heteroatoms. The summed E-state index contributed by atoms with van der Waals surface area (Å²) in [6, 6.07) is 17.8. The van der Waals surface area contributed by atoms with E-state index in [2.05, 4.69) is 22.5 Å². The Balaban J connectivity index is 1.91. The van der Waals surface area contributed by atoms with Crippen LogP contribution in [0.25, 0.3) is 10.9 Å². The van der Waals surface area contributed by atoms with Gasteiger partial charge in [0, 0.05) is 11.9 Å². The summed E-state index contributed by atoms with van der Waals surface area (Å²) in [6.07, 6.45) is 2.11. The van der Waals surface area contributed by atoms with Crippen LogP contribution in [0.3, 0.4) is 0 Å². The van der Waals surface area contributed by atoms with Gasteiger partial charge < -0.3 is 15.0 Å². The van der Waals surface area contributed by atoms with E-state index in [4.69, 9.17) is 12.2 Å². The third kappa shape index (κ3) is 4.08. The smallest absolute Gasteiger partial charge is 0.221 e. The Hall–Kier alpha value is -2.73. The van der Waals surface area contributed by atoms with E-state index in [9.17, 15) is 5.11 Å². The zero-order valence-corrected chi connectivity index (χ0v) is 15.5. The molecule has 0 fully saturated rings. The molecule has 2 N–H and O–H groups in total. The number of thiocarbonyl (C=S) groups is 1. The molecule has 0 unspecified atom stereocenters. The van der Waals surface area contributed by atoms with Crippen LogP contribution in [0.5, 0.6) is 5.88 Å². The van der Waals surface area contributed by atoms with E-state index in [1.165, 1.54) is 0 Å². The first kappa shape index (κ1) is 18.1. The maximum absolute atomic E-state index is 10.7. The predicted octanol–water partition coefficient (Wildman–Crippen LogP) is 5.15. The predicted molar refractivity (Wildman–Crippen MR) is 109 cm³/mol. The summed E-state index contributed by atoms with van der Waals surface area (Å²) in [7, 11) is 0. The summed E-state index contributed by atoms with van der Waals surface area (Å²) in [6.45, 7) is 3.45. The summed E-state index contributed by atoms with van der Waals surface area (Å²) in [4.78, 5) is 0. The molecule has 5 nitrogen and oxygen atoms in total. The van der Waals surface area contributed by atoms with Gasteiger partial charge in [-0.1, -0.05) is 61.9 Å². The molecule has 1 heterocycles. The van der Waals surface area contributed by atoms with Crippen molar-refractivity contribution in [2.75, 3.05) is 6.54 Å². The Morgan fingerprint density at radius 2 is 1.85 bits per heavy atom. The number of nitrogens with one attached hydrogen (secondary N) is 1. The molecule has 0 aliphatic rings. The number of unbranched alkanes of at least 4 members (excludes halogenated alkanes) is 1. The van der Waals surface area contributed by atoms with E-state index < -0.39 is 0 Å². The monoisotopic (exact) mass is 366 g/mol. The number of aromatic hydroxyl groups is 1. The Bertz CT molecular complexity index is 918. The molecule has 0 spiro atoms. The lowest BCUT2D eigenvalue weighted by Gasteiger charge is -2.06. The molecule has 1 aromatic heterocycles. The lowest BCUT2D eigenvalue weighted by Crippen LogP contribution is -2.19. The fourth-order valence-electron chi connectivity index (χ4n) is 2.80. The lowest BCUT2D eigenvalue weighted by atomic mass is 10.2. The van der Waals surface area contributed by atoms with Crippen LogP contribution < -0.4 is 5.32 Å². The fourth-order valence-corrected chi connectivity index (χ4v) is 2.94. The SMILES string of the molecule is CCCCNC(=S)N=Nc1c(O)n(Cc2ccccc2)c2ccccc12. The molecule has 0 atom stereocenters. The topological polar surface area (TPSA) is 61.9 Å². The summed E-state index contributed by atoms with van der Waals surface area (Å²) < 4.78 is 1.84. The van der Waals surface area contributed by atoms with E-state index >= 15 is 0 Å². The minimum absolute atomic E-state index is 0.0927. The highest BCUT2D eigenvalue weighted by Crippen LogP contribution is 2.39. The summed E-state index contributed by atoms with van der Waals surface area (Å²) in [5.41, 5.74) is 2.45. The quantitative estimate of drug-likeness (QED) is 0.360. The molecular weight excluding hydrogens is 344 g/mol. The summed E-state index contributed by atoms with van der Waals surface area (Å²) >= 11 is 5.18. The standard InChI is InChI=1S/C20H22N4OS/c1-2-3-13-21-20(26)23-22-18-16-11-7-8-12-17(16)24(19(18)25)14-15-9-5-4-6-10-15/h4-12,25H,2-3,13-14H2,1H3,(H,21,26). The fraction of sp³-hybridized carbons (Fsp3) is 0.250. The van der Waals surface area contributed by atoms with Crippen molar-refractivity contribution in [3.8, 4) is 5.88 Å². The van der Waals surface area contributed by atoms with Gasteiger partial charge in [-0.15, -0.1) is 10.2 Å². The summed E-state index contributed by atoms with van der Waals surface area (Å²) in [5.74, 6) is 0.0927. The van der Waals surface area contributed by atoms with E-state index in [1.54, 1.807) is 0 Å². The Kier molecular flexibility index (Phi) is 5.96. The van der Waals surface area contributed by atoms with Crippen molar-refractivity contribution in [2.24, 2.45) is 10.2 Å². The average Bonchev–Trinajstić information content (AvgIpc) is 2.93. The zero-order valence-electron chi connectivity index (χ0n) is 14.7. The number of benzene rings is 2. The van der Waals surface area contributed by atoms with Gasteiger partial charge in [0.1, 0.15) is 0 Å². The van der Waals surface area contributed by atoms with Crippen molar-refractivity contribution in [1.82, 2.24) is 9.88 Å². The van der Waals surface area contributed by atoms with Gasteiger partial charge >= 0.3 is 0 Å². The van der Waals surface area contributed by atoms with Gasteiger partial charge in [0.15, 0.2) is 5.69 Å². The van der Waals surface area contributed by atoms with Gasteiger partial charge in [0.25, 0.3) is 0 Å². The number of aromatic nitrogens is 1. The van der Waals surface area contributed by atoms with Crippen LogP contribution in [0.2, 0.25) is 0 Å². The molecule has 0 aliphatic heterocycles. The number of para-hydroxylation sites is 1. The molecule has 0 saturated heterocycles. The third-order valence-corrected chi connectivity index (χ3v) is 4.37. The zero-order chi connectivity index (χ0) is 18.4. The van der Waals surface area contributed by atoms with Gasteiger partial charge in [0.2, 0.25) is 11.0 Å². The van der Waals surface area contributed by atoms with Crippen molar-refractivity contribution in [1.29, 1.82) is 0 Å². The Morgan fingerprint density at radius 1 is 1.12 bits per heavy atom. The van der Waals surface area contributed by atoms with E-state index in [0.717, 1.165) is 35.9 Å². The summed E-state index contributed by atoms with van der Waals surface area (Å²) in [5, 5.41) is 23.3. The van der Waals surface area contributed by atoms with Crippen LogP contribution in [0.15, 0.2) is 64.8 Å². The Morgan fingerprint density at radius 3 is 2.62 bits per heavy atom. The highest BCUT2D eigenvalue weighted by atomic mass is 32.1. The van der Waals surface area contributed by atoms with Crippen molar-refractivity contribution >= 4 is 33.9 Å².